The Morgan fingerprint density at radius 3 is 2.76 bits per heavy atom. The second-order valence-corrected chi connectivity index (χ2v) is 5.15. The molecule has 0 bridgehead atoms. The summed E-state index contributed by atoms with van der Waals surface area (Å²) in [7, 11) is 0. The summed E-state index contributed by atoms with van der Waals surface area (Å²) in [6.45, 7) is 3.96. The number of ketones is 1. The van der Waals surface area contributed by atoms with Gasteiger partial charge in [0.05, 0.1) is 11.4 Å². The lowest BCUT2D eigenvalue weighted by Crippen LogP contribution is -2.32. The molecule has 1 aliphatic heterocycles. The third-order valence-corrected chi connectivity index (χ3v) is 3.62. The lowest BCUT2D eigenvalue weighted by atomic mass is 10.1. The predicted molar refractivity (Wildman–Crippen MR) is 77.7 cm³/mol. The van der Waals surface area contributed by atoms with Gasteiger partial charge < -0.3 is 9.32 Å². The van der Waals surface area contributed by atoms with Gasteiger partial charge in [-0.05, 0) is 25.5 Å². The van der Waals surface area contributed by atoms with E-state index in [9.17, 15) is 9.59 Å². The van der Waals surface area contributed by atoms with E-state index in [1.54, 1.807) is 30.9 Å². The van der Waals surface area contributed by atoms with Crippen molar-refractivity contribution < 1.29 is 14.0 Å². The first-order valence-electron chi connectivity index (χ1n) is 6.96. The van der Waals surface area contributed by atoms with Crippen LogP contribution >= 0.6 is 0 Å². The molecule has 0 spiro atoms. The van der Waals surface area contributed by atoms with Crippen LogP contribution in [0, 0.1) is 13.8 Å². The van der Waals surface area contributed by atoms with Gasteiger partial charge in [-0.25, -0.2) is 4.98 Å². The molecule has 5 nitrogen and oxygen atoms in total. The van der Waals surface area contributed by atoms with Gasteiger partial charge in [-0.15, -0.1) is 0 Å². The van der Waals surface area contributed by atoms with Gasteiger partial charge in [-0.3, -0.25) is 9.59 Å². The molecule has 21 heavy (non-hydrogen) atoms. The van der Waals surface area contributed by atoms with Crippen LogP contribution in [0.1, 0.15) is 45.3 Å². The van der Waals surface area contributed by atoms with Crippen LogP contribution in [-0.4, -0.2) is 23.2 Å². The number of rotatable bonds is 1. The van der Waals surface area contributed by atoms with Crippen molar-refractivity contribution in [3.8, 4) is 0 Å². The number of nitrogens with zero attached hydrogens (tertiary/aromatic N) is 2. The Morgan fingerprint density at radius 1 is 1.29 bits per heavy atom. The fraction of sp³-hybridized carbons (Fsp3) is 0.312. The van der Waals surface area contributed by atoms with Gasteiger partial charge in [0.2, 0.25) is 5.76 Å². The van der Waals surface area contributed by atoms with Crippen LogP contribution in [0.15, 0.2) is 28.7 Å². The van der Waals surface area contributed by atoms with Crippen LogP contribution in [-0.2, 0) is 0 Å². The Balaban J connectivity index is 2.06. The van der Waals surface area contributed by atoms with Crippen LogP contribution in [0.3, 0.4) is 0 Å². The molecule has 0 saturated heterocycles. The molecule has 0 saturated carbocycles. The number of carbonyl (C=O) groups is 2. The molecular weight excluding hydrogens is 268 g/mol. The quantitative estimate of drug-likeness (QED) is 0.807. The molecule has 0 unspecified atom stereocenters. The lowest BCUT2D eigenvalue weighted by Gasteiger charge is -2.21. The monoisotopic (exact) mass is 284 g/mol. The zero-order valence-corrected chi connectivity index (χ0v) is 12.0. The molecule has 5 heteroatoms. The third-order valence-electron chi connectivity index (χ3n) is 3.62. The van der Waals surface area contributed by atoms with Crippen molar-refractivity contribution in [1.29, 1.82) is 0 Å². The SMILES string of the molecule is Cc1nc(C)c(C(=O)N2CCCC(=O)c3ccccc32)o1. The Kier molecular flexibility index (Phi) is 3.33. The predicted octanol–water partition coefficient (Wildman–Crippen LogP) is 2.91. The number of hydrogen-bond acceptors (Lipinski definition) is 4. The van der Waals surface area contributed by atoms with Crippen LogP contribution in [0.4, 0.5) is 5.69 Å². The average Bonchev–Trinajstić information content (AvgIpc) is 2.71. The molecule has 1 aliphatic rings. The van der Waals surface area contributed by atoms with Crippen LogP contribution in [0.5, 0.6) is 0 Å². The van der Waals surface area contributed by atoms with Crippen molar-refractivity contribution in [2.24, 2.45) is 0 Å². The molecule has 0 N–H and O–H groups in total. The molecule has 3 rings (SSSR count). The number of aryl methyl sites for hydroxylation is 2. The maximum absolute atomic E-state index is 12.7. The number of aromatic nitrogens is 1. The van der Waals surface area contributed by atoms with E-state index >= 15 is 0 Å². The van der Waals surface area contributed by atoms with Crippen molar-refractivity contribution in [1.82, 2.24) is 4.98 Å². The minimum Gasteiger partial charge on any atom is -0.436 e. The van der Waals surface area contributed by atoms with E-state index in [1.165, 1.54) is 0 Å². The van der Waals surface area contributed by atoms with Gasteiger partial charge in [-0.1, -0.05) is 12.1 Å². The maximum Gasteiger partial charge on any atom is 0.296 e. The number of para-hydroxylation sites is 1. The number of benzene rings is 1. The summed E-state index contributed by atoms with van der Waals surface area (Å²) in [4.78, 5) is 30.6. The first-order chi connectivity index (χ1) is 10.1. The lowest BCUT2D eigenvalue weighted by molar-refractivity contribution is 0.0954. The van der Waals surface area contributed by atoms with Crippen molar-refractivity contribution in [2.45, 2.75) is 26.7 Å². The van der Waals surface area contributed by atoms with Gasteiger partial charge in [0, 0.05) is 25.5 Å². The molecule has 0 radical (unpaired) electrons. The molecular formula is C16H16N2O3. The summed E-state index contributed by atoms with van der Waals surface area (Å²) in [6.07, 6.45) is 1.10. The first-order valence-corrected chi connectivity index (χ1v) is 6.96. The highest BCUT2D eigenvalue weighted by Gasteiger charge is 2.28. The summed E-state index contributed by atoms with van der Waals surface area (Å²) < 4.78 is 5.42. The molecule has 1 aromatic carbocycles. The van der Waals surface area contributed by atoms with E-state index in [-0.39, 0.29) is 17.5 Å². The number of hydrogen-bond donors (Lipinski definition) is 0. The van der Waals surface area contributed by atoms with Crippen LogP contribution in [0.2, 0.25) is 0 Å². The Bertz CT molecular complexity index is 718. The number of anilines is 1. The molecule has 0 aliphatic carbocycles. The number of amides is 1. The van der Waals surface area contributed by atoms with Crippen molar-refractivity contribution in [2.75, 3.05) is 11.4 Å². The molecule has 0 fully saturated rings. The van der Waals surface area contributed by atoms with E-state index in [0.717, 1.165) is 0 Å². The van der Waals surface area contributed by atoms with Gasteiger partial charge in [0.1, 0.15) is 0 Å². The number of fused-ring (bicyclic) bond motifs is 1. The Hall–Kier alpha value is -2.43. The van der Waals surface area contributed by atoms with Gasteiger partial charge >= 0.3 is 0 Å². The molecule has 1 aromatic heterocycles. The van der Waals surface area contributed by atoms with E-state index in [1.807, 2.05) is 12.1 Å². The average molecular weight is 284 g/mol. The van der Waals surface area contributed by atoms with E-state index in [2.05, 4.69) is 4.98 Å². The first kappa shape index (κ1) is 13.5. The van der Waals surface area contributed by atoms with Gasteiger partial charge in [0.15, 0.2) is 11.7 Å². The number of Topliss-reactive ketones (excluding diaryl/α,β-unsaturated/α-hetero) is 1. The minimum atomic E-state index is -0.241. The molecule has 108 valence electrons. The van der Waals surface area contributed by atoms with E-state index in [0.29, 0.717) is 42.2 Å². The Morgan fingerprint density at radius 2 is 2.05 bits per heavy atom. The van der Waals surface area contributed by atoms with Crippen LogP contribution < -0.4 is 4.90 Å². The van der Waals surface area contributed by atoms with Crippen molar-refractivity contribution >= 4 is 17.4 Å². The van der Waals surface area contributed by atoms with E-state index < -0.39 is 0 Å². The van der Waals surface area contributed by atoms with Crippen molar-refractivity contribution in [3.05, 3.63) is 47.2 Å². The minimum absolute atomic E-state index is 0.0753. The highest BCUT2D eigenvalue weighted by atomic mass is 16.4. The summed E-state index contributed by atoms with van der Waals surface area (Å²) in [5.41, 5.74) is 1.82. The van der Waals surface area contributed by atoms with Gasteiger partial charge in [-0.2, -0.15) is 0 Å². The maximum atomic E-state index is 12.7. The molecule has 1 amide bonds. The second-order valence-electron chi connectivity index (χ2n) is 5.15. The smallest absolute Gasteiger partial charge is 0.296 e. The standard InChI is InChI=1S/C16H16N2O3/c1-10-15(21-11(2)17-10)16(20)18-9-5-8-14(19)12-6-3-4-7-13(12)18/h3-4,6-7H,5,8-9H2,1-2H3. The molecule has 2 heterocycles. The fourth-order valence-electron chi connectivity index (χ4n) is 2.66. The summed E-state index contributed by atoms with van der Waals surface area (Å²) >= 11 is 0. The fourth-order valence-corrected chi connectivity index (χ4v) is 2.66. The topological polar surface area (TPSA) is 63.4 Å². The zero-order valence-electron chi connectivity index (χ0n) is 12.0. The molecule has 2 aromatic rings. The third kappa shape index (κ3) is 2.35. The van der Waals surface area contributed by atoms with Crippen LogP contribution in [0.25, 0.3) is 0 Å². The summed E-state index contributed by atoms with van der Waals surface area (Å²) in [5, 5.41) is 0. The van der Waals surface area contributed by atoms with Crippen molar-refractivity contribution in [3.63, 3.8) is 0 Å². The summed E-state index contributed by atoms with van der Waals surface area (Å²) in [5.74, 6) is 0.549. The Labute approximate surface area is 122 Å². The summed E-state index contributed by atoms with van der Waals surface area (Å²) in [6, 6.07) is 7.21. The highest BCUT2D eigenvalue weighted by molar-refractivity contribution is 6.10. The second kappa shape index (κ2) is 5.16. The number of carbonyl (C=O) groups excluding carboxylic acids is 2. The van der Waals surface area contributed by atoms with E-state index in [4.69, 9.17) is 4.42 Å². The largest absolute Gasteiger partial charge is 0.436 e. The normalized spacial score (nSPS) is 14.8. The number of oxazole rings is 1. The molecule has 0 atom stereocenters. The zero-order chi connectivity index (χ0) is 15.0. The van der Waals surface area contributed by atoms with Gasteiger partial charge in [0.25, 0.3) is 5.91 Å². The highest BCUT2D eigenvalue weighted by Crippen LogP contribution is 2.28.